The first-order chi connectivity index (χ1) is 13.4. The third-order valence-corrected chi connectivity index (χ3v) is 5.51. The summed E-state index contributed by atoms with van der Waals surface area (Å²) < 4.78 is 11.4. The highest BCUT2D eigenvalue weighted by molar-refractivity contribution is 6.31. The topological polar surface area (TPSA) is 79.2 Å². The van der Waals surface area contributed by atoms with Crippen LogP contribution in [0.3, 0.4) is 0 Å². The fourth-order valence-electron chi connectivity index (χ4n) is 3.56. The zero-order valence-electron chi connectivity index (χ0n) is 16.1. The van der Waals surface area contributed by atoms with Gasteiger partial charge in [-0.3, -0.25) is 0 Å². The second kappa shape index (κ2) is 9.25. The molecule has 0 amide bonds. The summed E-state index contributed by atoms with van der Waals surface area (Å²) in [5.41, 5.74) is 2.70. The predicted molar refractivity (Wildman–Crippen MR) is 108 cm³/mol. The molecule has 1 aliphatic rings. The van der Waals surface area contributed by atoms with Crippen molar-refractivity contribution in [2.45, 2.75) is 57.2 Å². The molecule has 5 atom stereocenters. The van der Waals surface area contributed by atoms with Gasteiger partial charge in [-0.2, -0.15) is 0 Å². The molecule has 2 aromatic rings. The van der Waals surface area contributed by atoms with E-state index in [-0.39, 0.29) is 0 Å². The van der Waals surface area contributed by atoms with Gasteiger partial charge in [0.2, 0.25) is 0 Å². The van der Waals surface area contributed by atoms with Crippen LogP contribution in [0.4, 0.5) is 0 Å². The monoisotopic (exact) mass is 406 g/mol. The molecule has 1 aliphatic heterocycles. The fraction of sp³-hybridized carbons (Fsp3) is 0.455. The SMILES string of the molecule is CCOc1ccc(Cc2cc(C3OC(CC)C(O)C(O)C3O)ccc2Cl)cc1. The lowest BCUT2D eigenvalue weighted by Gasteiger charge is -2.40. The van der Waals surface area contributed by atoms with Crippen molar-refractivity contribution in [3.05, 3.63) is 64.2 Å². The van der Waals surface area contributed by atoms with Gasteiger partial charge >= 0.3 is 0 Å². The van der Waals surface area contributed by atoms with Crippen molar-refractivity contribution in [1.82, 2.24) is 0 Å². The number of benzene rings is 2. The Morgan fingerprint density at radius 2 is 1.68 bits per heavy atom. The van der Waals surface area contributed by atoms with Crippen molar-refractivity contribution >= 4 is 11.6 Å². The van der Waals surface area contributed by atoms with E-state index in [1.54, 1.807) is 12.1 Å². The average molecular weight is 407 g/mol. The van der Waals surface area contributed by atoms with Crippen molar-refractivity contribution in [1.29, 1.82) is 0 Å². The lowest BCUT2D eigenvalue weighted by molar-refractivity contribution is -0.225. The summed E-state index contributed by atoms with van der Waals surface area (Å²) in [5.74, 6) is 0.822. The largest absolute Gasteiger partial charge is 0.494 e. The molecule has 0 spiro atoms. The van der Waals surface area contributed by atoms with Crippen molar-refractivity contribution in [2.24, 2.45) is 0 Å². The molecule has 3 rings (SSSR count). The standard InChI is InChI=1S/C22H27ClO5/c1-3-18-19(24)20(25)21(26)22(28-18)14-7-10-17(23)15(12-14)11-13-5-8-16(9-6-13)27-4-2/h5-10,12,18-22,24-26H,3-4,11H2,1-2H3. The molecule has 28 heavy (non-hydrogen) atoms. The number of ether oxygens (including phenoxy) is 2. The van der Waals surface area contributed by atoms with Crippen LogP contribution >= 0.6 is 11.6 Å². The van der Waals surface area contributed by atoms with E-state index in [9.17, 15) is 15.3 Å². The van der Waals surface area contributed by atoms with E-state index in [1.165, 1.54) is 0 Å². The summed E-state index contributed by atoms with van der Waals surface area (Å²) in [5, 5.41) is 31.3. The van der Waals surface area contributed by atoms with Gasteiger partial charge in [0.1, 0.15) is 30.2 Å². The maximum absolute atomic E-state index is 10.4. The Bertz CT molecular complexity index is 777. The second-order valence-corrected chi connectivity index (χ2v) is 7.49. The zero-order chi connectivity index (χ0) is 20.3. The van der Waals surface area contributed by atoms with Crippen LogP contribution in [0.5, 0.6) is 5.75 Å². The molecule has 0 saturated carbocycles. The van der Waals surface area contributed by atoms with Crippen LogP contribution in [-0.4, -0.2) is 46.3 Å². The molecule has 5 unspecified atom stereocenters. The first-order valence-corrected chi connectivity index (χ1v) is 10.0. The number of hydrogen-bond acceptors (Lipinski definition) is 5. The molecule has 5 nitrogen and oxygen atoms in total. The quantitative estimate of drug-likeness (QED) is 0.686. The molecule has 1 saturated heterocycles. The van der Waals surface area contributed by atoms with Crippen molar-refractivity contribution < 1.29 is 24.8 Å². The summed E-state index contributed by atoms with van der Waals surface area (Å²) in [6, 6.07) is 13.3. The summed E-state index contributed by atoms with van der Waals surface area (Å²) >= 11 is 6.39. The van der Waals surface area contributed by atoms with E-state index >= 15 is 0 Å². The van der Waals surface area contributed by atoms with E-state index in [4.69, 9.17) is 21.1 Å². The summed E-state index contributed by atoms with van der Waals surface area (Å²) in [6.45, 7) is 4.44. The van der Waals surface area contributed by atoms with Crippen molar-refractivity contribution in [3.8, 4) is 5.75 Å². The maximum atomic E-state index is 10.4. The first-order valence-electron chi connectivity index (χ1n) is 9.64. The van der Waals surface area contributed by atoms with Gasteiger partial charge in [-0.05, 0) is 54.7 Å². The maximum Gasteiger partial charge on any atom is 0.119 e. The van der Waals surface area contributed by atoms with Crippen molar-refractivity contribution in [3.63, 3.8) is 0 Å². The lowest BCUT2D eigenvalue weighted by Crippen LogP contribution is -2.53. The van der Waals surface area contributed by atoms with Gasteiger partial charge in [0.15, 0.2) is 0 Å². The Kier molecular flexibility index (Phi) is 6.96. The number of rotatable bonds is 6. The molecule has 2 aromatic carbocycles. The minimum atomic E-state index is -1.26. The van der Waals surface area contributed by atoms with Gasteiger partial charge in [0.25, 0.3) is 0 Å². The molecule has 1 fully saturated rings. The molecular formula is C22H27ClO5. The van der Waals surface area contributed by atoms with E-state index in [0.717, 1.165) is 22.4 Å². The Morgan fingerprint density at radius 1 is 0.964 bits per heavy atom. The van der Waals surface area contributed by atoms with Gasteiger partial charge < -0.3 is 24.8 Å². The summed E-state index contributed by atoms with van der Waals surface area (Å²) in [7, 11) is 0. The number of halogens is 1. The molecular weight excluding hydrogens is 380 g/mol. The molecule has 152 valence electrons. The van der Waals surface area contributed by atoms with Gasteiger partial charge in [-0.15, -0.1) is 0 Å². The fourth-order valence-corrected chi connectivity index (χ4v) is 3.75. The number of aliphatic hydroxyl groups excluding tert-OH is 3. The highest BCUT2D eigenvalue weighted by Crippen LogP contribution is 2.35. The van der Waals surface area contributed by atoms with Crippen molar-refractivity contribution in [2.75, 3.05) is 6.61 Å². The number of aliphatic hydroxyl groups is 3. The van der Waals surface area contributed by atoms with Gasteiger partial charge in [-0.25, -0.2) is 0 Å². The highest BCUT2D eigenvalue weighted by atomic mass is 35.5. The van der Waals surface area contributed by atoms with E-state index in [1.807, 2.05) is 44.2 Å². The van der Waals surface area contributed by atoms with Gasteiger partial charge in [-0.1, -0.05) is 42.8 Å². The minimum absolute atomic E-state index is 0.534. The highest BCUT2D eigenvalue weighted by Gasteiger charge is 2.43. The Balaban J connectivity index is 1.82. The van der Waals surface area contributed by atoms with Crippen LogP contribution in [-0.2, 0) is 11.2 Å². The van der Waals surface area contributed by atoms with E-state index < -0.39 is 30.5 Å². The Labute approximate surface area is 170 Å². The molecule has 3 N–H and O–H groups in total. The normalized spacial score (nSPS) is 27.6. The predicted octanol–water partition coefficient (Wildman–Crippen LogP) is 3.26. The van der Waals surface area contributed by atoms with Gasteiger partial charge in [0, 0.05) is 5.02 Å². The smallest absolute Gasteiger partial charge is 0.119 e. The molecule has 0 bridgehead atoms. The molecule has 0 aromatic heterocycles. The van der Waals surface area contributed by atoms with Crippen LogP contribution in [0.2, 0.25) is 5.02 Å². The Morgan fingerprint density at radius 3 is 2.32 bits per heavy atom. The van der Waals surface area contributed by atoms with Crippen LogP contribution in [0.15, 0.2) is 42.5 Å². The summed E-state index contributed by atoms with van der Waals surface area (Å²) in [4.78, 5) is 0. The summed E-state index contributed by atoms with van der Waals surface area (Å²) in [6.07, 6.45) is -3.68. The third kappa shape index (κ3) is 4.50. The Hall–Kier alpha value is -1.63. The van der Waals surface area contributed by atoms with E-state index in [2.05, 4.69) is 0 Å². The number of hydrogen-bond donors (Lipinski definition) is 3. The second-order valence-electron chi connectivity index (χ2n) is 7.08. The average Bonchev–Trinajstić information content (AvgIpc) is 2.70. The van der Waals surface area contributed by atoms with Crippen LogP contribution in [0.1, 0.15) is 43.1 Å². The lowest BCUT2D eigenvalue weighted by atomic mass is 9.89. The van der Waals surface area contributed by atoms with Crippen LogP contribution in [0, 0.1) is 0 Å². The van der Waals surface area contributed by atoms with Crippen LogP contribution in [0.25, 0.3) is 0 Å². The first kappa shape index (κ1) is 21.1. The van der Waals surface area contributed by atoms with E-state index in [0.29, 0.717) is 24.5 Å². The molecule has 0 aliphatic carbocycles. The van der Waals surface area contributed by atoms with Gasteiger partial charge in [0.05, 0.1) is 12.7 Å². The third-order valence-electron chi connectivity index (χ3n) is 5.14. The van der Waals surface area contributed by atoms with Crippen LogP contribution < -0.4 is 4.74 Å². The molecule has 1 heterocycles. The minimum Gasteiger partial charge on any atom is -0.494 e. The molecule has 6 heteroatoms. The zero-order valence-corrected chi connectivity index (χ0v) is 16.8. The molecule has 0 radical (unpaired) electrons.